The van der Waals surface area contributed by atoms with Gasteiger partial charge in [0, 0.05) is 11.1 Å². The van der Waals surface area contributed by atoms with E-state index >= 15 is 0 Å². The van der Waals surface area contributed by atoms with Crippen LogP contribution in [0.25, 0.3) is 0 Å². The van der Waals surface area contributed by atoms with Gasteiger partial charge in [-0.1, -0.05) is 23.2 Å². The molecule has 0 bridgehead atoms. The van der Waals surface area contributed by atoms with Crippen LogP contribution in [-0.4, -0.2) is 21.2 Å². The lowest BCUT2D eigenvalue weighted by molar-refractivity contribution is 0.965. The average molecular weight is 296 g/mol. The van der Waals surface area contributed by atoms with E-state index in [2.05, 4.69) is 25.8 Å². The molecule has 19 heavy (non-hydrogen) atoms. The van der Waals surface area contributed by atoms with Crippen LogP contribution < -0.4 is 10.6 Å². The summed E-state index contributed by atoms with van der Waals surface area (Å²) >= 11 is 11.9. The molecule has 1 saturated carbocycles. The average Bonchev–Trinajstić information content (AvgIpc) is 3.17. The fraction of sp³-hybridized carbons (Fsp3) is 0.250. The van der Waals surface area contributed by atoms with Crippen molar-refractivity contribution in [2.45, 2.75) is 18.9 Å². The molecule has 0 unspecified atom stereocenters. The number of hydrogen-bond donors (Lipinski definition) is 2. The third-order valence-electron chi connectivity index (χ3n) is 2.67. The van der Waals surface area contributed by atoms with Crippen molar-refractivity contribution >= 4 is 40.7 Å². The number of nitrogens with zero attached hydrogens (tertiary/aromatic N) is 3. The van der Waals surface area contributed by atoms with Crippen LogP contribution >= 0.6 is 23.2 Å². The molecular weight excluding hydrogens is 285 g/mol. The molecule has 1 fully saturated rings. The van der Waals surface area contributed by atoms with E-state index in [0.717, 1.165) is 0 Å². The summed E-state index contributed by atoms with van der Waals surface area (Å²) < 4.78 is 0. The highest BCUT2D eigenvalue weighted by Gasteiger charge is 2.21. The minimum absolute atomic E-state index is 0.398. The summed E-state index contributed by atoms with van der Waals surface area (Å²) in [5, 5.41) is 15.2. The minimum Gasteiger partial charge on any atom is -0.366 e. The van der Waals surface area contributed by atoms with Crippen LogP contribution in [0.3, 0.4) is 0 Å². The fourth-order valence-electron chi connectivity index (χ4n) is 1.57. The Morgan fingerprint density at radius 3 is 2.79 bits per heavy atom. The predicted molar refractivity (Wildman–Crippen MR) is 76.2 cm³/mol. The molecule has 7 heteroatoms. The van der Waals surface area contributed by atoms with Gasteiger partial charge in [0.05, 0.1) is 16.9 Å². The quantitative estimate of drug-likeness (QED) is 0.904. The molecule has 1 heterocycles. The van der Waals surface area contributed by atoms with Crippen LogP contribution in [0.5, 0.6) is 0 Å². The SMILES string of the molecule is Clc1ccc(Nc2nncc(NC3CC3)n2)c(Cl)c1. The summed E-state index contributed by atoms with van der Waals surface area (Å²) in [7, 11) is 0. The van der Waals surface area contributed by atoms with Crippen molar-refractivity contribution < 1.29 is 0 Å². The number of nitrogens with one attached hydrogen (secondary N) is 2. The molecule has 2 N–H and O–H groups in total. The zero-order valence-electron chi connectivity index (χ0n) is 9.90. The molecule has 0 saturated heterocycles. The van der Waals surface area contributed by atoms with Gasteiger partial charge < -0.3 is 10.6 Å². The Bertz CT molecular complexity index is 600. The first-order chi connectivity index (χ1) is 9.20. The van der Waals surface area contributed by atoms with E-state index in [0.29, 0.717) is 33.5 Å². The minimum atomic E-state index is 0.398. The summed E-state index contributed by atoms with van der Waals surface area (Å²) in [6, 6.07) is 5.69. The topological polar surface area (TPSA) is 62.7 Å². The lowest BCUT2D eigenvalue weighted by atomic mass is 10.3. The van der Waals surface area contributed by atoms with Gasteiger partial charge in [-0.2, -0.15) is 10.1 Å². The Balaban J connectivity index is 1.78. The fourth-order valence-corrected chi connectivity index (χ4v) is 2.03. The number of halogens is 2. The summed E-state index contributed by atoms with van der Waals surface area (Å²) in [6.45, 7) is 0. The first-order valence-electron chi connectivity index (χ1n) is 5.89. The molecular formula is C12H11Cl2N5. The molecule has 2 aromatic rings. The van der Waals surface area contributed by atoms with Gasteiger partial charge in [-0.3, -0.25) is 0 Å². The monoisotopic (exact) mass is 295 g/mol. The smallest absolute Gasteiger partial charge is 0.249 e. The molecule has 0 aliphatic heterocycles. The Labute approximate surface area is 120 Å². The number of hydrogen-bond acceptors (Lipinski definition) is 5. The highest BCUT2D eigenvalue weighted by molar-refractivity contribution is 6.36. The van der Waals surface area contributed by atoms with Crippen molar-refractivity contribution in [2.75, 3.05) is 10.6 Å². The number of anilines is 3. The summed E-state index contributed by atoms with van der Waals surface area (Å²) in [5.74, 6) is 1.11. The molecule has 0 amide bonds. The van der Waals surface area contributed by atoms with Crippen LogP contribution in [0.15, 0.2) is 24.4 Å². The molecule has 98 valence electrons. The van der Waals surface area contributed by atoms with Gasteiger partial charge in [0.1, 0.15) is 0 Å². The van der Waals surface area contributed by atoms with Crippen molar-refractivity contribution in [3.63, 3.8) is 0 Å². The molecule has 0 spiro atoms. The lowest BCUT2D eigenvalue weighted by Crippen LogP contribution is -2.06. The standard InChI is InChI=1S/C12H11Cl2N5/c13-7-1-4-10(9(14)5-7)17-12-18-11(6-15-19-12)16-8-2-3-8/h1,4-6,8H,2-3H2,(H2,16,17,18,19). The Hall–Kier alpha value is -1.59. The lowest BCUT2D eigenvalue weighted by Gasteiger charge is -2.08. The molecule has 1 aromatic heterocycles. The largest absolute Gasteiger partial charge is 0.366 e. The van der Waals surface area contributed by atoms with E-state index in [4.69, 9.17) is 23.2 Å². The Morgan fingerprint density at radius 2 is 2.05 bits per heavy atom. The van der Waals surface area contributed by atoms with Crippen molar-refractivity contribution in [3.8, 4) is 0 Å². The van der Waals surface area contributed by atoms with E-state index in [1.807, 2.05) is 0 Å². The van der Waals surface area contributed by atoms with Crippen LogP contribution in [0, 0.1) is 0 Å². The molecule has 5 nitrogen and oxygen atoms in total. The molecule has 3 rings (SSSR count). The second-order valence-corrected chi connectivity index (χ2v) is 5.18. The molecule has 1 aliphatic carbocycles. The van der Waals surface area contributed by atoms with Gasteiger partial charge >= 0.3 is 0 Å². The third kappa shape index (κ3) is 3.24. The first-order valence-corrected chi connectivity index (χ1v) is 6.64. The second-order valence-electron chi connectivity index (χ2n) is 4.33. The van der Waals surface area contributed by atoms with Gasteiger partial charge in [0.25, 0.3) is 0 Å². The summed E-state index contributed by atoms with van der Waals surface area (Å²) in [4.78, 5) is 4.32. The van der Waals surface area contributed by atoms with Crippen molar-refractivity contribution in [1.82, 2.24) is 15.2 Å². The number of benzene rings is 1. The highest BCUT2D eigenvalue weighted by Crippen LogP contribution is 2.28. The van der Waals surface area contributed by atoms with Gasteiger partial charge in [-0.15, -0.1) is 5.10 Å². The van der Waals surface area contributed by atoms with Gasteiger partial charge in [-0.25, -0.2) is 0 Å². The summed E-state index contributed by atoms with van der Waals surface area (Å²) in [5.41, 5.74) is 0.691. The van der Waals surface area contributed by atoms with Crippen LogP contribution in [0.2, 0.25) is 10.0 Å². The van der Waals surface area contributed by atoms with Crippen LogP contribution in [-0.2, 0) is 0 Å². The van der Waals surface area contributed by atoms with Crippen molar-refractivity contribution in [3.05, 3.63) is 34.4 Å². The molecule has 1 aromatic carbocycles. The number of aromatic nitrogens is 3. The second kappa shape index (κ2) is 5.19. The Morgan fingerprint density at radius 1 is 1.21 bits per heavy atom. The van der Waals surface area contributed by atoms with Crippen LogP contribution in [0.1, 0.15) is 12.8 Å². The van der Waals surface area contributed by atoms with Crippen LogP contribution in [0.4, 0.5) is 17.5 Å². The zero-order valence-corrected chi connectivity index (χ0v) is 11.4. The van der Waals surface area contributed by atoms with E-state index in [9.17, 15) is 0 Å². The predicted octanol–water partition coefficient (Wildman–Crippen LogP) is 3.50. The van der Waals surface area contributed by atoms with E-state index < -0.39 is 0 Å². The van der Waals surface area contributed by atoms with Gasteiger partial charge in [-0.05, 0) is 31.0 Å². The van der Waals surface area contributed by atoms with Gasteiger partial charge in [0.2, 0.25) is 5.95 Å². The van der Waals surface area contributed by atoms with E-state index in [-0.39, 0.29) is 0 Å². The maximum atomic E-state index is 6.08. The van der Waals surface area contributed by atoms with E-state index in [1.54, 1.807) is 24.4 Å². The molecule has 0 radical (unpaired) electrons. The maximum Gasteiger partial charge on any atom is 0.249 e. The molecule has 1 aliphatic rings. The zero-order chi connectivity index (χ0) is 13.2. The van der Waals surface area contributed by atoms with Gasteiger partial charge in [0.15, 0.2) is 5.82 Å². The van der Waals surface area contributed by atoms with Crippen molar-refractivity contribution in [2.24, 2.45) is 0 Å². The third-order valence-corrected chi connectivity index (χ3v) is 3.21. The maximum absolute atomic E-state index is 6.08. The van der Waals surface area contributed by atoms with Crippen molar-refractivity contribution in [1.29, 1.82) is 0 Å². The molecule has 0 atom stereocenters. The Kier molecular flexibility index (Phi) is 3.40. The first kappa shape index (κ1) is 12.4. The van der Waals surface area contributed by atoms with E-state index in [1.165, 1.54) is 12.8 Å². The highest BCUT2D eigenvalue weighted by atomic mass is 35.5. The number of rotatable bonds is 4. The summed E-state index contributed by atoms with van der Waals surface area (Å²) in [6.07, 6.45) is 3.96. The normalized spacial score (nSPS) is 14.2.